The van der Waals surface area contributed by atoms with Crippen LogP contribution in [-0.2, 0) is 22.6 Å². The van der Waals surface area contributed by atoms with Crippen LogP contribution >= 0.6 is 11.8 Å². The highest BCUT2D eigenvalue weighted by molar-refractivity contribution is 7.99. The maximum atomic E-state index is 13.7. The fourth-order valence-electron chi connectivity index (χ4n) is 4.02. The Bertz CT molecular complexity index is 1110. The smallest absolute Gasteiger partial charge is 0.243 e. The average molecular weight is 503 g/mol. The van der Waals surface area contributed by atoms with Crippen molar-refractivity contribution in [3.05, 3.63) is 101 Å². The molecule has 0 spiro atoms. The third-order valence-corrected chi connectivity index (χ3v) is 7.01. The van der Waals surface area contributed by atoms with Gasteiger partial charge in [-0.25, -0.2) is 0 Å². The van der Waals surface area contributed by atoms with E-state index in [1.807, 2.05) is 55.5 Å². The van der Waals surface area contributed by atoms with Gasteiger partial charge < -0.3 is 10.2 Å². The lowest BCUT2D eigenvalue weighted by Gasteiger charge is -2.32. The molecule has 0 aliphatic heterocycles. The molecule has 4 nitrogen and oxygen atoms in total. The van der Waals surface area contributed by atoms with Crippen molar-refractivity contribution in [1.82, 2.24) is 10.2 Å². The van der Waals surface area contributed by atoms with Gasteiger partial charge in [0, 0.05) is 36.6 Å². The average Bonchev–Trinajstić information content (AvgIpc) is 2.86. The number of thioether (sulfide) groups is 1. The van der Waals surface area contributed by atoms with Gasteiger partial charge in [-0.2, -0.15) is 0 Å². The number of benzene rings is 3. The van der Waals surface area contributed by atoms with Crippen molar-refractivity contribution >= 4 is 23.6 Å². The molecule has 0 radical (unpaired) electrons. The molecule has 2 amide bonds. The van der Waals surface area contributed by atoms with Crippen LogP contribution in [0.2, 0.25) is 0 Å². The van der Waals surface area contributed by atoms with E-state index in [1.54, 1.807) is 16.7 Å². The van der Waals surface area contributed by atoms with Crippen LogP contribution < -0.4 is 5.32 Å². The van der Waals surface area contributed by atoms with Crippen molar-refractivity contribution in [3.8, 4) is 0 Å². The summed E-state index contributed by atoms with van der Waals surface area (Å²) in [5.74, 6) is 0.896. The number of rotatable bonds is 12. The molecular formula is C31H38N2O2S. The van der Waals surface area contributed by atoms with Gasteiger partial charge in [-0.15, -0.1) is 11.8 Å². The summed E-state index contributed by atoms with van der Waals surface area (Å²) in [4.78, 5) is 30.1. The molecule has 36 heavy (non-hydrogen) atoms. The lowest BCUT2D eigenvalue weighted by molar-refractivity contribution is -0.141. The fraction of sp³-hybridized carbons (Fsp3) is 0.355. The summed E-state index contributed by atoms with van der Waals surface area (Å²) >= 11 is 1.67. The molecule has 0 aromatic heterocycles. The van der Waals surface area contributed by atoms with Crippen molar-refractivity contribution in [2.45, 2.75) is 58.0 Å². The molecule has 0 aliphatic rings. The molecule has 0 heterocycles. The minimum Gasteiger partial charge on any atom is -0.354 e. The molecular weight excluding hydrogens is 464 g/mol. The highest BCUT2D eigenvalue weighted by Gasteiger charge is 2.30. The van der Waals surface area contributed by atoms with E-state index in [9.17, 15) is 9.59 Å². The molecule has 3 aromatic rings. The molecule has 1 atom stereocenters. The number of nitrogens with one attached hydrogen (secondary N) is 1. The summed E-state index contributed by atoms with van der Waals surface area (Å²) < 4.78 is 0. The summed E-state index contributed by atoms with van der Waals surface area (Å²) in [5.41, 5.74) is 4.43. The van der Waals surface area contributed by atoms with Gasteiger partial charge in [-0.1, -0.05) is 91.7 Å². The lowest BCUT2D eigenvalue weighted by Crippen LogP contribution is -2.51. The Kier molecular flexibility index (Phi) is 10.6. The second-order valence-corrected chi connectivity index (χ2v) is 10.9. The first-order valence-corrected chi connectivity index (χ1v) is 13.7. The Hall–Kier alpha value is -3.05. The Balaban J connectivity index is 1.83. The zero-order valence-corrected chi connectivity index (χ0v) is 22.7. The summed E-state index contributed by atoms with van der Waals surface area (Å²) in [5, 5.41) is 3.08. The van der Waals surface area contributed by atoms with E-state index >= 15 is 0 Å². The van der Waals surface area contributed by atoms with Crippen LogP contribution in [0.3, 0.4) is 0 Å². The van der Waals surface area contributed by atoms with Gasteiger partial charge in [0.25, 0.3) is 0 Å². The van der Waals surface area contributed by atoms with Crippen LogP contribution in [0, 0.1) is 19.8 Å². The molecule has 3 aromatic carbocycles. The van der Waals surface area contributed by atoms with E-state index in [4.69, 9.17) is 0 Å². The zero-order valence-electron chi connectivity index (χ0n) is 21.9. The molecule has 3 rings (SSSR count). The first-order chi connectivity index (χ1) is 17.3. The predicted octanol–water partition coefficient (Wildman–Crippen LogP) is 6.20. The Labute approximate surface area is 220 Å². The fourth-order valence-corrected chi connectivity index (χ4v) is 4.86. The standard InChI is InChI=1S/C31H38N2O2S/c1-23(2)21-32-31(35)29(20-26-10-6-5-7-11-26)33(22-27-12-8-9-25(4)19-27)30(34)17-18-36-28-15-13-24(3)14-16-28/h5-16,19,23,29H,17-18,20-22H2,1-4H3,(H,32,35). The van der Waals surface area contributed by atoms with Gasteiger partial charge in [0.05, 0.1) is 0 Å². The van der Waals surface area contributed by atoms with Crippen LogP contribution in [0.4, 0.5) is 0 Å². The minimum absolute atomic E-state index is 0.00301. The number of hydrogen-bond acceptors (Lipinski definition) is 3. The number of hydrogen-bond donors (Lipinski definition) is 1. The minimum atomic E-state index is -0.580. The summed E-state index contributed by atoms with van der Waals surface area (Å²) in [6.07, 6.45) is 0.848. The van der Waals surface area contributed by atoms with Gasteiger partial charge in [0.1, 0.15) is 6.04 Å². The quantitative estimate of drug-likeness (QED) is 0.300. The Morgan fingerprint density at radius 1 is 0.861 bits per heavy atom. The van der Waals surface area contributed by atoms with E-state index in [1.165, 1.54) is 5.56 Å². The molecule has 5 heteroatoms. The summed E-state index contributed by atoms with van der Waals surface area (Å²) in [6.45, 7) is 9.25. The van der Waals surface area contributed by atoms with E-state index < -0.39 is 6.04 Å². The van der Waals surface area contributed by atoms with Gasteiger partial charge >= 0.3 is 0 Å². The van der Waals surface area contributed by atoms with Gasteiger partial charge in [-0.05, 0) is 43.0 Å². The van der Waals surface area contributed by atoms with Crippen LogP contribution in [0.5, 0.6) is 0 Å². The van der Waals surface area contributed by atoms with E-state index in [-0.39, 0.29) is 11.8 Å². The number of aryl methyl sites for hydroxylation is 2. The van der Waals surface area contributed by atoms with Crippen molar-refractivity contribution < 1.29 is 9.59 Å². The molecule has 1 unspecified atom stereocenters. The highest BCUT2D eigenvalue weighted by Crippen LogP contribution is 2.21. The molecule has 0 saturated carbocycles. The number of carbonyl (C=O) groups excluding carboxylic acids is 2. The highest BCUT2D eigenvalue weighted by atomic mass is 32.2. The predicted molar refractivity (Wildman–Crippen MR) is 150 cm³/mol. The van der Waals surface area contributed by atoms with Crippen LogP contribution in [0.15, 0.2) is 83.8 Å². The molecule has 0 aliphatic carbocycles. The molecule has 0 fully saturated rings. The van der Waals surface area contributed by atoms with Crippen molar-refractivity contribution in [2.75, 3.05) is 12.3 Å². The zero-order chi connectivity index (χ0) is 25.9. The first-order valence-electron chi connectivity index (χ1n) is 12.7. The van der Waals surface area contributed by atoms with Crippen molar-refractivity contribution in [3.63, 3.8) is 0 Å². The molecule has 190 valence electrons. The van der Waals surface area contributed by atoms with Crippen LogP contribution in [0.1, 0.15) is 42.5 Å². The number of carbonyl (C=O) groups is 2. The second kappa shape index (κ2) is 13.9. The van der Waals surface area contributed by atoms with Crippen LogP contribution in [-0.4, -0.2) is 35.1 Å². The topological polar surface area (TPSA) is 49.4 Å². The summed E-state index contributed by atoms with van der Waals surface area (Å²) in [6, 6.07) is 25.9. The normalized spacial score (nSPS) is 11.8. The largest absolute Gasteiger partial charge is 0.354 e. The summed E-state index contributed by atoms with van der Waals surface area (Å²) in [7, 11) is 0. The molecule has 0 saturated heterocycles. The maximum Gasteiger partial charge on any atom is 0.243 e. The van der Waals surface area contributed by atoms with E-state index in [0.29, 0.717) is 37.6 Å². The van der Waals surface area contributed by atoms with Gasteiger partial charge in [0.2, 0.25) is 11.8 Å². The van der Waals surface area contributed by atoms with Gasteiger partial charge in [-0.3, -0.25) is 9.59 Å². The molecule has 1 N–H and O–H groups in total. The number of amides is 2. The lowest BCUT2D eigenvalue weighted by atomic mass is 10.0. The van der Waals surface area contributed by atoms with Crippen LogP contribution in [0.25, 0.3) is 0 Å². The third-order valence-electron chi connectivity index (χ3n) is 6.00. The van der Waals surface area contributed by atoms with E-state index in [0.717, 1.165) is 21.6 Å². The van der Waals surface area contributed by atoms with Gasteiger partial charge in [0.15, 0.2) is 0 Å². The first kappa shape index (κ1) is 27.5. The maximum absolute atomic E-state index is 13.7. The van der Waals surface area contributed by atoms with Crippen molar-refractivity contribution in [2.24, 2.45) is 5.92 Å². The van der Waals surface area contributed by atoms with E-state index in [2.05, 4.69) is 56.4 Å². The third kappa shape index (κ3) is 8.87. The van der Waals surface area contributed by atoms with Crippen molar-refractivity contribution in [1.29, 1.82) is 0 Å². The monoisotopic (exact) mass is 502 g/mol. The molecule has 0 bridgehead atoms. The SMILES string of the molecule is Cc1ccc(SCCC(=O)N(Cc2cccc(C)c2)C(Cc2ccccc2)C(=O)NCC(C)C)cc1. The Morgan fingerprint density at radius 2 is 1.56 bits per heavy atom. The Morgan fingerprint density at radius 3 is 2.22 bits per heavy atom. The number of nitrogens with zero attached hydrogens (tertiary/aromatic N) is 1. The second-order valence-electron chi connectivity index (χ2n) is 9.77.